The average Bonchev–Trinajstić information content (AvgIpc) is 2.29. The van der Waals surface area contributed by atoms with Gasteiger partial charge in [0.15, 0.2) is 0 Å². The van der Waals surface area contributed by atoms with Gasteiger partial charge in [-0.3, -0.25) is 0 Å². The first-order chi connectivity index (χ1) is 8.01. The Labute approximate surface area is 110 Å². The monoisotopic (exact) mass is 315 g/mol. The van der Waals surface area contributed by atoms with Crippen LogP contribution in [0.5, 0.6) is 0 Å². The van der Waals surface area contributed by atoms with E-state index in [9.17, 15) is 8.42 Å². The van der Waals surface area contributed by atoms with E-state index < -0.39 is 10.0 Å². The van der Waals surface area contributed by atoms with Crippen molar-refractivity contribution in [3.05, 3.63) is 40.4 Å². The fourth-order valence-corrected chi connectivity index (χ4v) is 4.34. The van der Waals surface area contributed by atoms with Crippen molar-refractivity contribution in [3.63, 3.8) is 0 Å². The molecule has 3 nitrogen and oxygen atoms in total. The van der Waals surface area contributed by atoms with Crippen molar-refractivity contribution in [2.75, 3.05) is 13.1 Å². The van der Waals surface area contributed by atoms with Crippen LogP contribution in [-0.2, 0) is 10.0 Å². The molecule has 5 heteroatoms. The second kappa shape index (κ2) is 4.92. The highest BCUT2D eigenvalue weighted by Gasteiger charge is 2.27. The molecule has 1 aliphatic heterocycles. The number of sulfonamides is 1. The fraction of sp³-hybridized carbons (Fsp3) is 0.333. The number of rotatable bonds is 2. The number of benzene rings is 1. The molecule has 0 saturated heterocycles. The molecule has 0 bridgehead atoms. The van der Waals surface area contributed by atoms with Gasteiger partial charge in [0.1, 0.15) is 0 Å². The second-order valence-corrected chi connectivity index (χ2v) is 6.87. The van der Waals surface area contributed by atoms with Crippen LogP contribution in [0.2, 0.25) is 0 Å². The third-order valence-electron chi connectivity index (χ3n) is 2.75. The van der Waals surface area contributed by atoms with Gasteiger partial charge in [-0.05, 0) is 41.4 Å². The highest BCUT2D eigenvalue weighted by molar-refractivity contribution is 9.10. The Kier molecular flexibility index (Phi) is 3.70. The van der Waals surface area contributed by atoms with Crippen LogP contribution in [0.25, 0.3) is 0 Å². The van der Waals surface area contributed by atoms with E-state index in [2.05, 4.69) is 22.0 Å². The van der Waals surface area contributed by atoms with Crippen molar-refractivity contribution in [1.82, 2.24) is 4.31 Å². The highest BCUT2D eigenvalue weighted by atomic mass is 79.9. The molecule has 0 spiro atoms. The Morgan fingerprint density at radius 1 is 1.29 bits per heavy atom. The molecular formula is C12H14BrNO2S. The number of halogens is 1. The van der Waals surface area contributed by atoms with Crippen molar-refractivity contribution in [3.8, 4) is 0 Å². The molecule has 92 valence electrons. The third kappa shape index (κ3) is 2.61. The van der Waals surface area contributed by atoms with Crippen molar-refractivity contribution >= 4 is 26.0 Å². The van der Waals surface area contributed by atoms with Crippen LogP contribution >= 0.6 is 15.9 Å². The Morgan fingerprint density at radius 3 is 2.65 bits per heavy atom. The van der Waals surface area contributed by atoms with E-state index in [-0.39, 0.29) is 0 Å². The molecule has 1 aliphatic rings. The van der Waals surface area contributed by atoms with Gasteiger partial charge < -0.3 is 0 Å². The molecule has 0 fully saturated rings. The van der Waals surface area contributed by atoms with E-state index in [1.54, 1.807) is 18.2 Å². The van der Waals surface area contributed by atoms with Crippen LogP contribution in [0, 0.1) is 0 Å². The number of nitrogens with zero attached hydrogens (tertiary/aromatic N) is 1. The molecule has 0 unspecified atom stereocenters. The van der Waals surface area contributed by atoms with Gasteiger partial charge >= 0.3 is 0 Å². The predicted molar refractivity (Wildman–Crippen MR) is 71.3 cm³/mol. The van der Waals surface area contributed by atoms with Gasteiger partial charge in [-0.2, -0.15) is 4.31 Å². The van der Waals surface area contributed by atoms with Crippen LogP contribution in [0.15, 0.2) is 45.3 Å². The summed E-state index contributed by atoms with van der Waals surface area (Å²) in [6.45, 7) is 3.01. The summed E-state index contributed by atoms with van der Waals surface area (Å²) in [6.07, 6.45) is 2.88. The highest BCUT2D eigenvalue weighted by Crippen LogP contribution is 2.26. The SMILES string of the molecule is CC1=CCCN(S(=O)(=O)c2ccccc2Br)C1. The first kappa shape index (κ1) is 12.8. The zero-order valence-corrected chi connectivity index (χ0v) is 12.0. The van der Waals surface area contributed by atoms with Crippen molar-refractivity contribution < 1.29 is 8.42 Å². The molecule has 0 atom stereocenters. The lowest BCUT2D eigenvalue weighted by atomic mass is 10.2. The summed E-state index contributed by atoms with van der Waals surface area (Å²) < 4.78 is 27.0. The van der Waals surface area contributed by atoms with Crippen LogP contribution < -0.4 is 0 Å². The average molecular weight is 316 g/mol. The Hall–Kier alpha value is -0.650. The minimum Gasteiger partial charge on any atom is -0.207 e. The lowest BCUT2D eigenvalue weighted by Crippen LogP contribution is -2.35. The molecule has 1 heterocycles. The maximum absolute atomic E-state index is 12.4. The van der Waals surface area contributed by atoms with E-state index in [1.165, 1.54) is 4.31 Å². The molecule has 1 aromatic carbocycles. The summed E-state index contributed by atoms with van der Waals surface area (Å²) in [7, 11) is -3.38. The minimum absolute atomic E-state index is 0.342. The summed E-state index contributed by atoms with van der Waals surface area (Å²) in [4.78, 5) is 0.342. The van der Waals surface area contributed by atoms with E-state index in [0.29, 0.717) is 22.5 Å². The van der Waals surface area contributed by atoms with E-state index >= 15 is 0 Å². The molecule has 2 rings (SSSR count). The van der Waals surface area contributed by atoms with E-state index in [4.69, 9.17) is 0 Å². The fourth-order valence-electron chi connectivity index (χ4n) is 1.87. The van der Waals surface area contributed by atoms with Gasteiger partial charge in [-0.25, -0.2) is 8.42 Å². The molecule has 0 amide bonds. The molecule has 0 aromatic heterocycles. The summed E-state index contributed by atoms with van der Waals surface area (Å²) in [5.41, 5.74) is 1.10. The van der Waals surface area contributed by atoms with Crippen LogP contribution in [0.4, 0.5) is 0 Å². The second-order valence-electron chi connectivity index (χ2n) is 4.11. The molecule has 0 aliphatic carbocycles. The largest absolute Gasteiger partial charge is 0.244 e. The topological polar surface area (TPSA) is 37.4 Å². The smallest absolute Gasteiger partial charge is 0.207 e. The lowest BCUT2D eigenvalue weighted by molar-refractivity contribution is 0.427. The van der Waals surface area contributed by atoms with Gasteiger partial charge in [-0.15, -0.1) is 0 Å². The van der Waals surface area contributed by atoms with Crippen molar-refractivity contribution in [1.29, 1.82) is 0 Å². The first-order valence-electron chi connectivity index (χ1n) is 5.42. The van der Waals surface area contributed by atoms with Gasteiger partial charge in [0.2, 0.25) is 10.0 Å². The van der Waals surface area contributed by atoms with Crippen LogP contribution in [-0.4, -0.2) is 25.8 Å². The Bertz CT molecular complexity index is 551. The van der Waals surface area contributed by atoms with Crippen molar-refractivity contribution in [2.24, 2.45) is 0 Å². The summed E-state index contributed by atoms with van der Waals surface area (Å²) >= 11 is 3.29. The summed E-state index contributed by atoms with van der Waals surface area (Å²) in [6, 6.07) is 6.93. The maximum atomic E-state index is 12.4. The summed E-state index contributed by atoms with van der Waals surface area (Å²) in [5, 5.41) is 0. The van der Waals surface area contributed by atoms with Gasteiger partial charge in [-0.1, -0.05) is 23.8 Å². The number of hydrogen-bond donors (Lipinski definition) is 0. The first-order valence-corrected chi connectivity index (χ1v) is 7.65. The zero-order valence-electron chi connectivity index (χ0n) is 9.56. The van der Waals surface area contributed by atoms with Crippen molar-refractivity contribution in [2.45, 2.75) is 18.2 Å². The van der Waals surface area contributed by atoms with Gasteiger partial charge in [0, 0.05) is 17.6 Å². The molecular weight excluding hydrogens is 302 g/mol. The number of hydrogen-bond acceptors (Lipinski definition) is 2. The predicted octanol–water partition coefficient (Wildman–Crippen LogP) is 2.79. The molecule has 1 aromatic rings. The maximum Gasteiger partial charge on any atom is 0.244 e. The summed E-state index contributed by atoms with van der Waals surface area (Å²) in [5.74, 6) is 0. The quantitative estimate of drug-likeness (QED) is 0.787. The Balaban J connectivity index is 2.38. The zero-order chi connectivity index (χ0) is 12.5. The minimum atomic E-state index is -3.38. The van der Waals surface area contributed by atoms with Gasteiger partial charge in [0.25, 0.3) is 0 Å². The molecule has 17 heavy (non-hydrogen) atoms. The van der Waals surface area contributed by atoms with Gasteiger partial charge in [0.05, 0.1) is 4.90 Å². The standard InChI is InChI=1S/C12H14BrNO2S/c1-10-5-4-8-14(9-10)17(15,16)12-7-3-2-6-11(12)13/h2-3,5-7H,4,8-9H2,1H3. The normalized spacial score (nSPS) is 17.9. The third-order valence-corrected chi connectivity index (χ3v) is 5.61. The van der Waals surface area contributed by atoms with Crippen LogP contribution in [0.1, 0.15) is 13.3 Å². The van der Waals surface area contributed by atoms with E-state index in [1.807, 2.05) is 13.0 Å². The molecule has 0 N–H and O–H groups in total. The lowest BCUT2D eigenvalue weighted by Gasteiger charge is -2.25. The Morgan fingerprint density at radius 2 is 2.00 bits per heavy atom. The van der Waals surface area contributed by atoms with Crippen LogP contribution in [0.3, 0.4) is 0 Å². The van der Waals surface area contributed by atoms with E-state index in [0.717, 1.165) is 12.0 Å². The molecule has 0 radical (unpaired) electrons. The molecule has 0 saturated carbocycles.